The number of aromatic nitrogens is 2. The van der Waals surface area contributed by atoms with Gasteiger partial charge in [-0.1, -0.05) is 0 Å². The molecule has 1 aromatic heterocycles. The van der Waals surface area contributed by atoms with Crippen LogP contribution in [0.1, 0.15) is 34.2 Å². The molecule has 1 heterocycles. The van der Waals surface area contributed by atoms with Crippen molar-refractivity contribution in [3.63, 3.8) is 0 Å². The fourth-order valence-corrected chi connectivity index (χ4v) is 1.42. The Bertz CT molecular complexity index is 428. The second kappa shape index (κ2) is 6.75. The van der Waals surface area contributed by atoms with Gasteiger partial charge in [0.25, 0.3) is 5.91 Å². The lowest BCUT2D eigenvalue weighted by Gasteiger charge is -2.04. The number of amides is 1. The number of hydrogen-bond donors (Lipinski definition) is 2. The Kier molecular flexibility index (Phi) is 5.31. The molecule has 0 spiro atoms. The Hall–Kier alpha value is -1.89. The van der Waals surface area contributed by atoms with Gasteiger partial charge in [0.1, 0.15) is 5.56 Å². The third-order valence-electron chi connectivity index (χ3n) is 2.23. The Labute approximate surface area is 105 Å². The smallest absolute Gasteiger partial charge is 0.339 e. The zero-order chi connectivity index (χ0) is 13.5. The van der Waals surface area contributed by atoms with Gasteiger partial charge in [0, 0.05) is 33.0 Å². The molecule has 1 rings (SSSR count). The van der Waals surface area contributed by atoms with Gasteiger partial charge in [-0.15, -0.1) is 0 Å². The molecular formula is C11H17N3O4. The van der Waals surface area contributed by atoms with E-state index < -0.39 is 11.9 Å². The molecular weight excluding hydrogens is 238 g/mol. The number of carbonyl (C=O) groups excluding carboxylic acids is 1. The molecule has 0 bridgehead atoms. The third-order valence-corrected chi connectivity index (χ3v) is 2.23. The van der Waals surface area contributed by atoms with Gasteiger partial charge in [-0.2, -0.15) is 5.10 Å². The average Bonchev–Trinajstić information content (AvgIpc) is 2.71. The molecule has 0 aliphatic carbocycles. The average molecular weight is 255 g/mol. The first kappa shape index (κ1) is 14.2. The van der Waals surface area contributed by atoms with Crippen LogP contribution in [0.15, 0.2) is 6.20 Å². The van der Waals surface area contributed by atoms with Crippen molar-refractivity contribution in [1.82, 2.24) is 15.1 Å². The maximum atomic E-state index is 11.7. The normalized spacial score (nSPS) is 10.3. The highest BCUT2D eigenvalue weighted by molar-refractivity contribution is 6.03. The maximum absolute atomic E-state index is 11.7. The highest BCUT2D eigenvalue weighted by Crippen LogP contribution is 2.06. The zero-order valence-electron chi connectivity index (χ0n) is 10.5. The summed E-state index contributed by atoms with van der Waals surface area (Å²) < 4.78 is 6.43. The summed E-state index contributed by atoms with van der Waals surface area (Å²) in [5, 5.41) is 15.4. The molecule has 0 aliphatic rings. The van der Waals surface area contributed by atoms with E-state index >= 15 is 0 Å². The predicted octanol–water partition coefficient (Wildman–Crippen LogP) is 0.275. The summed E-state index contributed by atoms with van der Waals surface area (Å²) in [5.74, 6) is -1.65. The summed E-state index contributed by atoms with van der Waals surface area (Å²) in [6.45, 7) is 3.52. The van der Waals surface area contributed by atoms with Gasteiger partial charge in [-0.05, 0) is 13.3 Å². The number of carbonyl (C=O) groups is 2. The van der Waals surface area contributed by atoms with Gasteiger partial charge >= 0.3 is 5.97 Å². The Morgan fingerprint density at radius 3 is 2.89 bits per heavy atom. The summed E-state index contributed by atoms with van der Waals surface area (Å²) in [6, 6.07) is 0. The molecule has 2 N–H and O–H groups in total. The molecule has 1 amide bonds. The molecule has 7 nitrogen and oxygen atoms in total. The quantitative estimate of drug-likeness (QED) is 0.682. The van der Waals surface area contributed by atoms with E-state index in [1.165, 1.54) is 10.9 Å². The van der Waals surface area contributed by atoms with E-state index in [4.69, 9.17) is 9.84 Å². The van der Waals surface area contributed by atoms with Crippen LogP contribution in [-0.4, -0.2) is 46.5 Å². The number of carboxylic acid groups (broad SMARTS) is 1. The van der Waals surface area contributed by atoms with Crippen molar-refractivity contribution in [1.29, 1.82) is 0 Å². The summed E-state index contributed by atoms with van der Waals surface area (Å²) in [4.78, 5) is 22.6. The Morgan fingerprint density at radius 1 is 1.56 bits per heavy atom. The third kappa shape index (κ3) is 3.85. The highest BCUT2D eigenvalue weighted by Gasteiger charge is 2.20. The fraction of sp³-hybridized carbons (Fsp3) is 0.545. The first-order valence-electron chi connectivity index (χ1n) is 5.69. The minimum absolute atomic E-state index is 0.0681. The molecule has 0 radical (unpaired) electrons. The molecule has 100 valence electrons. The first-order valence-corrected chi connectivity index (χ1v) is 5.69. The number of aryl methyl sites for hydroxylation is 1. The van der Waals surface area contributed by atoms with E-state index in [0.29, 0.717) is 26.2 Å². The van der Waals surface area contributed by atoms with Gasteiger partial charge in [0.15, 0.2) is 5.69 Å². The molecule has 0 unspecified atom stereocenters. The Balaban J connectivity index is 2.53. The van der Waals surface area contributed by atoms with Crippen LogP contribution in [0.2, 0.25) is 0 Å². The lowest BCUT2D eigenvalue weighted by Crippen LogP contribution is -2.27. The number of nitrogens with zero attached hydrogens (tertiary/aromatic N) is 2. The van der Waals surface area contributed by atoms with Crippen LogP contribution >= 0.6 is 0 Å². The summed E-state index contributed by atoms with van der Waals surface area (Å²) in [5.41, 5.74) is -0.166. The monoisotopic (exact) mass is 255 g/mol. The molecule has 0 atom stereocenters. The van der Waals surface area contributed by atoms with Crippen LogP contribution in [0.25, 0.3) is 0 Å². The fourth-order valence-electron chi connectivity index (χ4n) is 1.42. The lowest BCUT2D eigenvalue weighted by atomic mass is 10.2. The molecule has 0 saturated carbocycles. The summed E-state index contributed by atoms with van der Waals surface area (Å²) in [6.07, 6.45) is 1.98. The minimum atomic E-state index is -1.16. The second-order valence-corrected chi connectivity index (χ2v) is 3.68. The van der Waals surface area contributed by atoms with Crippen LogP contribution in [0.5, 0.6) is 0 Å². The molecule has 7 heteroatoms. The van der Waals surface area contributed by atoms with Crippen LogP contribution in [-0.2, 0) is 11.8 Å². The molecule has 0 aliphatic heterocycles. The number of hydrogen-bond acceptors (Lipinski definition) is 4. The SMILES string of the molecule is CCOCCCNC(=O)c1nn(C)cc1C(=O)O. The van der Waals surface area contributed by atoms with Crippen LogP contribution in [0, 0.1) is 0 Å². The standard InChI is InChI=1S/C11H17N3O4/c1-3-18-6-4-5-12-10(15)9-8(11(16)17)7-14(2)13-9/h7H,3-6H2,1-2H3,(H,12,15)(H,16,17). The predicted molar refractivity (Wildman–Crippen MR) is 63.6 cm³/mol. The maximum Gasteiger partial charge on any atom is 0.339 e. The van der Waals surface area contributed by atoms with Crippen molar-refractivity contribution in [2.45, 2.75) is 13.3 Å². The van der Waals surface area contributed by atoms with E-state index in [1.807, 2.05) is 6.92 Å². The van der Waals surface area contributed by atoms with Crippen molar-refractivity contribution >= 4 is 11.9 Å². The summed E-state index contributed by atoms with van der Waals surface area (Å²) in [7, 11) is 1.57. The van der Waals surface area contributed by atoms with Crippen molar-refractivity contribution in [2.24, 2.45) is 7.05 Å². The van der Waals surface area contributed by atoms with E-state index in [0.717, 1.165) is 0 Å². The van der Waals surface area contributed by atoms with Gasteiger partial charge in [-0.3, -0.25) is 9.48 Å². The highest BCUT2D eigenvalue weighted by atomic mass is 16.5. The zero-order valence-corrected chi connectivity index (χ0v) is 10.5. The number of aromatic carboxylic acids is 1. The number of carboxylic acids is 1. The van der Waals surface area contributed by atoms with Crippen molar-refractivity contribution in [3.8, 4) is 0 Å². The lowest BCUT2D eigenvalue weighted by molar-refractivity contribution is 0.0690. The Morgan fingerprint density at radius 2 is 2.28 bits per heavy atom. The molecule has 0 aromatic carbocycles. The van der Waals surface area contributed by atoms with Crippen molar-refractivity contribution in [2.75, 3.05) is 19.8 Å². The van der Waals surface area contributed by atoms with E-state index in [9.17, 15) is 9.59 Å². The van der Waals surface area contributed by atoms with Crippen molar-refractivity contribution in [3.05, 3.63) is 17.5 Å². The molecule has 18 heavy (non-hydrogen) atoms. The van der Waals surface area contributed by atoms with E-state index in [1.54, 1.807) is 7.05 Å². The topological polar surface area (TPSA) is 93.5 Å². The summed E-state index contributed by atoms with van der Waals surface area (Å²) >= 11 is 0. The van der Waals surface area contributed by atoms with E-state index in [2.05, 4.69) is 10.4 Å². The first-order chi connectivity index (χ1) is 8.56. The van der Waals surface area contributed by atoms with Gasteiger partial charge < -0.3 is 15.2 Å². The van der Waals surface area contributed by atoms with Gasteiger partial charge in [-0.25, -0.2) is 4.79 Å². The van der Waals surface area contributed by atoms with Crippen LogP contribution < -0.4 is 5.32 Å². The number of nitrogens with one attached hydrogen (secondary N) is 1. The van der Waals surface area contributed by atoms with Crippen LogP contribution in [0.3, 0.4) is 0 Å². The number of ether oxygens (including phenoxy) is 1. The van der Waals surface area contributed by atoms with Crippen LogP contribution in [0.4, 0.5) is 0 Å². The molecule has 1 aromatic rings. The van der Waals surface area contributed by atoms with Gasteiger partial charge in [0.2, 0.25) is 0 Å². The minimum Gasteiger partial charge on any atom is -0.478 e. The van der Waals surface area contributed by atoms with Gasteiger partial charge in [0.05, 0.1) is 0 Å². The second-order valence-electron chi connectivity index (χ2n) is 3.68. The molecule has 0 fully saturated rings. The van der Waals surface area contributed by atoms with E-state index in [-0.39, 0.29) is 11.3 Å². The van der Waals surface area contributed by atoms with Crippen molar-refractivity contribution < 1.29 is 19.4 Å². The molecule has 0 saturated heterocycles. The largest absolute Gasteiger partial charge is 0.478 e. The number of rotatable bonds is 7.